The molecule has 1 aliphatic carbocycles. The number of hydrogen-bond donors (Lipinski definition) is 1. The van der Waals surface area contributed by atoms with Crippen LogP contribution in [0.2, 0.25) is 0 Å². The molecule has 0 atom stereocenters. The second-order valence-corrected chi connectivity index (χ2v) is 8.79. The molecule has 1 saturated heterocycles. The van der Waals surface area contributed by atoms with Crippen LogP contribution >= 0.6 is 0 Å². The number of rotatable bonds is 9. The molecule has 2 heterocycles. The highest BCUT2D eigenvalue weighted by Crippen LogP contribution is 2.32. The van der Waals surface area contributed by atoms with Crippen LogP contribution < -0.4 is 0 Å². The monoisotopic (exact) mass is 458 g/mol. The zero-order valence-electron chi connectivity index (χ0n) is 19.9. The van der Waals surface area contributed by atoms with Gasteiger partial charge in [0, 0.05) is 32.5 Å². The van der Waals surface area contributed by atoms with Gasteiger partial charge in [0.05, 0.1) is 17.6 Å². The average molecular weight is 459 g/mol. The van der Waals surface area contributed by atoms with Gasteiger partial charge in [-0.3, -0.25) is 4.90 Å². The van der Waals surface area contributed by atoms with Crippen LogP contribution in [0.15, 0.2) is 94.8 Å². The Balaban J connectivity index is 1.22. The molecule has 0 unspecified atom stereocenters. The van der Waals surface area contributed by atoms with Crippen molar-refractivity contribution in [3.8, 4) is 0 Å². The van der Waals surface area contributed by atoms with Crippen molar-refractivity contribution in [2.75, 3.05) is 26.2 Å². The zero-order chi connectivity index (χ0) is 23.6. The first-order valence-corrected chi connectivity index (χ1v) is 12.1. The Kier molecular flexibility index (Phi) is 8.34. The fourth-order valence-corrected chi connectivity index (χ4v) is 4.28. The Labute approximate surface area is 202 Å². The maximum absolute atomic E-state index is 11.0. The quantitative estimate of drug-likeness (QED) is 0.497. The lowest BCUT2D eigenvalue weighted by Gasteiger charge is -2.38. The van der Waals surface area contributed by atoms with Gasteiger partial charge < -0.3 is 14.3 Å². The van der Waals surface area contributed by atoms with Crippen LogP contribution in [0.4, 0.5) is 0 Å². The first kappa shape index (κ1) is 24.0. The van der Waals surface area contributed by atoms with E-state index in [0.717, 1.165) is 61.6 Å². The molecule has 5 nitrogen and oxygen atoms in total. The van der Waals surface area contributed by atoms with Gasteiger partial charge >= 0.3 is 0 Å². The van der Waals surface area contributed by atoms with Crippen molar-refractivity contribution in [1.82, 2.24) is 9.88 Å². The van der Waals surface area contributed by atoms with Gasteiger partial charge in [-0.25, -0.2) is 4.98 Å². The topological polar surface area (TPSA) is 58.7 Å². The van der Waals surface area contributed by atoms with Crippen LogP contribution in [-0.2, 0) is 16.8 Å². The highest BCUT2D eigenvalue weighted by Gasteiger charge is 2.33. The maximum Gasteiger partial charge on any atom is 0.199 e. The predicted octanol–water partition coefficient (Wildman–Crippen LogP) is 5.58. The van der Waals surface area contributed by atoms with Gasteiger partial charge in [-0.2, -0.15) is 0 Å². The van der Waals surface area contributed by atoms with Crippen LogP contribution in [-0.4, -0.2) is 41.2 Å². The Morgan fingerprint density at radius 3 is 2.76 bits per heavy atom. The molecule has 1 aromatic carbocycles. The van der Waals surface area contributed by atoms with Crippen molar-refractivity contribution in [3.63, 3.8) is 0 Å². The van der Waals surface area contributed by atoms with E-state index in [1.807, 2.05) is 61.6 Å². The molecule has 0 saturated carbocycles. The summed E-state index contributed by atoms with van der Waals surface area (Å²) in [5.74, 6) is 2.42. The van der Waals surface area contributed by atoms with E-state index in [-0.39, 0.29) is 0 Å². The minimum Gasteiger partial charge on any atom is -0.496 e. The summed E-state index contributed by atoms with van der Waals surface area (Å²) in [6, 6.07) is 10.0. The van der Waals surface area contributed by atoms with E-state index in [0.29, 0.717) is 18.9 Å². The third-order valence-electron chi connectivity index (χ3n) is 6.31. The minimum atomic E-state index is -0.707. The molecule has 1 aromatic heterocycles. The highest BCUT2D eigenvalue weighted by molar-refractivity contribution is 5.44. The molecule has 4 rings (SSSR count). The van der Waals surface area contributed by atoms with E-state index in [1.54, 1.807) is 6.20 Å². The van der Waals surface area contributed by atoms with Crippen LogP contribution in [0.3, 0.4) is 0 Å². The zero-order valence-corrected chi connectivity index (χ0v) is 19.9. The molecule has 2 aromatic rings. The van der Waals surface area contributed by atoms with Gasteiger partial charge in [-0.15, -0.1) is 0 Å². The summed E-state index contributed by atoms with van der Waals surface area (Å²) in [5, 5.41) is 11.0. The summed E-state index contributed by atoms with van der Waals surface area (Å²) >= 11 is 0. The van der Waals surface area contributed by atoms with Crippen molar-refractivity contribution in [2.24, 2.45) is 0 Å². The third kappa shape index (κ3) is 6.69. The molecule has 1 aliphatic heterocycles. The Bertz CT molecular complexity index is 1070. The van der Waals surface area contributed by atoms with Gasteiger partial charge in [-0.05, 0) is 43.1 Å². The number of nitrogens with zero attached hydrogens (tertiary/aromatic N) is 2. The van der Waals surface area contributed by atoms with Crippen molar-refractivity contribution in [1.29, 1.82) is 0 Å². The summed E-state index contributed by atoms with van der Waals surface area (Å²) in [5.41, 5.74) is 1.46. The third-order valence-corrected chi connectivity index (χ3v) is 6.31. The van der Waals surface area contributed by atoms with Crippen LogP contribution in [0, 0.1) is 0 Å². The normalized spacial score (nSPS) is 18.8. The van der Waals surface area contributed by atoms with Crippen LogP contribution in [0.5, 0.6) is 0 Å². The standard InChI is InChI=1S/C29H34N2O3/c1-2-3-5-12-27-23-30-28(34-27)22-24-9-8-13-26(15-14-24)33-21-20-31-18-16-29(32,17-19-31)25-10-6-4-7-11-25/h2-12,14-15,23,32H,13,16-22H2,1H3/b3-2-,12-5-. The number of likely N-dealkylation sites (tertiary alicyclic amines) is 1. The van der Waals surface area contributed by atoms with Gasteiger partial charge in [0.2, 0.25) is 0 Å². The van der Waals surface area contributed by atoms with E-state index in [1.165, 1.54) is 0 Å². The highest BCUT2D eigenvalue weighted by atomic mass is 16.5. The average Bonchev–Trinajstić information content (AvgIpc) is 3.18. The summed E-state index contributed by atoms with van der Waals surface area (Å²) in [6.07, 6.45) is 20.8. The molecule has 0 bridgehead atoms. The number of aliphatic hydroxyl groups is 1. The largest absolute Gasteiger partial charge is 0.496 e. The SMILES string of the molecule is C/C=C\C=C/c1cnc(CC2=CC=C(OCCN3CCC(O)(c4ccccc4)CC3)CC=C2)o1. The Hall–Kier alpha value is -3.15. The van der Waals surface area contributed by atoms with Crippen molar-refractivity contribution >= 4 is 6.08 Å². The Morgan fingerprint density at radius 2 is 1.97 bits per heavy atom. The van der Waals surface area contributed by atoms with Crippen molar-refractivity contribution in [2.45, 2.75) is 38.2 Å². The molecule has 34 heavy (non-hydrogen) atoms. The van der Waals surface area contributed by atoms with Crippen molar-refractivity contribution in [3.05, 3.63) is 108 Å². The van der Waals surface area contributed by atoms with Crippen LogP contribution in [0.25, 0.3) is 6.08 Å². The second kappa shape index (κ2) is 11.8. The van der Waals surface area contributed by atoms with E-state index in [4.69, 9.17) is 9.15 Å². The summed E-state index contributed by atoms with van der Waals surface area (Å²) < 4.78 is 11.9. The van der Waals surface area contributed by atoms with Gasteiger partial charge in [0.1, 0.15) is 12.4 Å². The number of oxazole rings is 1. The fourth-order valence-electron chi connectivity index (χ4n) is 4.28. The van der Waals surface area contributed by atoms with Crippen LogP contribution in [0.1, 0.15) is 43.4 Å². The van der Waals surface area contributed by atoms with E-state index in [2.05, 4.69) is 34.2 Å². The summed E-state index contributed by atoms with van der Waals surface area (Å²) in [7, 11) is 0. The predicted molar refractivity (Wildman–Crippen MR) is 136 cm³/mol. The molecular weight excluding hydrogens is 424 g/mol. The summed E-state index contributed by atoms with van der Waals surface area (Å²) in [4.78, 5) is 6.75. The molecular formula is C29H34N2O3. The lowest BCUT2D eigenvalue weighted by Crippen LogP contribution is -2.43. The number of hydrogen-bond acceptors (Lipinski definition) is 5. The first-order chi connectivity index (χ1) is 16.6. The second-order valence-electron chi connectivity index (χ2n) is 8.79. The molecule has 0 radical (unpaired) electrons. The molecule has 0 amide bonds. The number of aromatic nitrogens is 1. The molecule has 1 fully saturated rings. The first-order valence-electron chi connectivity index (χ1n) is 12.1. The molecule has 1 N–H and O–H groups in total. The van der Waals surface area contributed by atoms with E-state index < -0.39 is 5.60 Å². The van der Waals surface area contributed by atoms with E-state index in [9.17, 15) is 5.11 Å². The molecule has 178 valence electrons. The minimum absolute atomic E-state index is 0.647. The lowest BCUT2D eigenvalue weighted by atomic mass is 9.84. The fraction of sp³-hybridized carbons (Fsp3) is 0.345. The summed E-state index contributed by atoms with van der Waals surface area (Å²) in [6.45, 7) is 5.24. The lowest BCUT2D eigenvalue weighted by molar-refractivity contribution is -0.0293. The maximum atomic E-state index is 11.0. The Morgan fingerprint density at radius 1 is 1.15 bits per heavy atom. The number of benzene rings is 1. The number of allylic oxidation sites excluding steroid dienone is 8. The molecule has 2 aliphatic rings. The van der Waals surface area contributed by atoms with Gasteiger partial charge in [0.25, 0.3) is 0 Å². The number of ether oxygens (including phenoxy) is 1. The smallest absolute Gasteiger partial charge is 0.199 e. The molecule has 5 heteroatoms. The van der Waals surface area contributed by atoms with Gasteiger partial charge in [-0.1, -0.05) is 66.8 Å². The van der Waals surface area contributed by atoms with Crippen molar-refractivity contribution < 1.29 is 14.3 Å². The molecule has 0 spiro atoms. The van der Waals surface area contributed by atoms with Gasteiger partial charge in [0.15, 0.2) is 5.89 Å². The number of piperidine rings is 1. The van der Waals surface area contributed by atoms with E-state index >= 15 is 0 Å².